The summed E-state index contributed by atoms with van der Waals surface area (Å²) in [5.41, 5.74) is 0. The van der Waals surface area contributed by atoms with Gasteiger partial charge in [-0.05, 0) is 19.8 Å². The third-order valence-corrected chi connectivity index (χ3v) is 1.82. The van der Waals surface area contributed by atoms with Crippen LogP contribution in [0.4, 0.5) is 0 Å². The molecule has 0 unspecified atom stereocenters. The number of carbonyl (C=O) groups excluding carboxylic acids is 1. The molecule has 0 amide bonds. The highest BCUT2D eigenvalue weighted by molar-refractivity contribution is 5.69. The normalized spacial score (nSPS) is 17.6. The second kappa shape index (κ2) is 5.94. The molecular formula is C9H16O4. The van der Waals surface area contributed by atoms with E-state index in [9.17, 15) is 4.79 Å². The summed E-state index contributed by atoms with van der Waals surface area (Å²) in [5, 5.41) is 0. The molecule has 4 nitrogen and oxygen atoms in total. The Morgan fingerprint density at radius 3 is 2.77 bits per heavy atom. The molecule has 0 aromatic carbocycles. The van der Waals surface area contributed by atoms with Gasteiger partial charge in [0.2, 0.25) is 0 Å². The summed E-state index contributed by atoms with van der Waals surface area (Å²) in [6.45, 7) is 3.60. The second-order valence-corrected chi connectivity index (χ2v) is 2.87. The zero-order valence-electron chi connectivity index (χ0n) is 7.95. The van der Waals surface area contributed by atoms with Crippen molar-refractivity contribution >= 4 is 5.97 Å². The van der Waals surface area contributed by atoms with Gasteiger partial charge in [0.05, 0.1) is 19.8 Å². The molecule has 0 N–H and O–H groups in total. The molecule has 0 aliphatic carbocycles. The summed E-state index contributed by atoms with van der Waals surface area (Å²) < 4.78 is 15.2. The van der Waals surface area contributed by atoms with Crippen molar-refractivity contribution in [1.29, 1.82) is 0 Å². The number of hydrogen-bond donors (Lipinski definition) is 0. The Bertz CT molecular complexity index is 152. The molecule has 0 radical (unpaired) electrons. The highest BCUT2D eigenvalue weighted by Crippen LogP contribution is 2.11. The van der Waals surface area contributed by atoms with Crippen molar-refractivity contribution in [2.24, 2.45) is 0 Å². The van der Waals surface area contributed by atoms with E-state index in [2.05, 4.69) is 0 Å². The van der Waals surface area contributed by atoms with Gasteiger partial charge in [0.25, 0.3) is 0 Å². The van der Waals surface area contributed by atoms with Crippen molar-refractivity contribution < 1.29 is 19.0 Å². The van der Waals surface area contributed by atoms with Gasteiger partial charge in [-0.25, -0.2) is 0 Å². The Kier molecular flexibility index (Phi) is 4.78. The van der Waals surface area contributed by atoms with Gasteiger partial charge >= 0.3 is 5.97 Å². The van der Waals surface area contributed by atoms with Gasteiger partial charge in [0.1, 0.15) is 0 Å². The molecule has 0 atom stereocenters. The largest absolute Gasteiger partial charge is 0.466 e. The van der Waals surface area contributed by atoms with Crippen molar-refractivity contribution in [3.05, 3.63) is 0 Å². The molecule has 0 bridgehead atoms. The van der Waals surface area contributed by atoms with Gasteiger partial charge in [0, 0.05) is 6.42 Å². The Balaban J connectivity index is 1.96. The summed E-state index contributed by atoms with van der Waals surface area (Å²) in [5.74, 6) is -0.138. The molecule has 4 heteroatoms. The Morgan fingerprint density at radius 2 is 2.15 bits per heavy atom. The SMILES string of the molecule is CCOC(=O)CCCC1OCCO1. The number of rotatable bonds is 5. The van der Waals surface area contributed by atoms with Crippen LogP contribution in [0, 0.1) is 0 Å². The van der Waals surface area contributed by atoms with E-state index >= 15 is 0 Å². The van der Waals surface area contributed by atoms with Gasteiger partial charge in [-0.3, -0.25) is 4.79 Å². The number of hydrogen-bond acceptors (Lipinski definition) is 4. The molecule has 0 saturated carbocycles. The van der Waals surface area contributed by atoms with Crippen molar-refractivity contribution in [2.45, 2.75) is 32.5 Å². The van der Waals surface area contributed by atoms with Gasteiger partial charge in [-0.1, -0.05) is 0 Å². The molecule has 1 heterocycles. The van der Waals surface area contributed by atoms with Crippen molar-refractivity contribution in [2.75, 3.05) is 19.8 Å². The standard InChI is InChI=1S/C9H16O4/c1-2-11-8(10)4-3-5-9-12-6-7-13-9/h9H,2-7H2,1H3. The van der Waals surface area contributed by atoms with E-state index in [-0.39, 0.29) is 12.3 Å². The lowest BCUT2D eigenvalue weighted by atomic mass is 10.2. The van der Waals surface area contributed by atoms with Crippen LogP contribution in [0.1, 0.15) is 26.2 Å². The lowest BCUT2D eigenvalue weighted by molar-refractivity contribution is -0.143. The van der Waals surface area contributed by atoms with Crippen molar-refractivity contribution in [3.63, 3.8) is 0 Å². The lowest BCUT2D eigenvalue weighted by Crippen LogP contribution is -2.09. The van der Waals surface area contributed by atoms with Crippen LogP contribution in [0.3, 0.4) is 0 Å². The fourth-order valence-electron chi connectivity index (χ4n) is 1.22. The van der Waals surface area contributed by atoms with Crippen LogP contribution in [0.25, 0.3) is 0 Å². The Morgan fingerprint density at radius 1 is 1.46 bits per heavy atom. The summed E-state index contributed by atoms with van der Waals surface area (Å²) in [6.07, 6.45) is 1.90. The zero-order valence-corrected chi connectivity index (χ0v) is 7.95. The van der Waals surface area contributed by atoms with Crippen molar-refractivity contribution in [3.8, 4) is 0 Å². The molecular weight excluding hydrogens is 172 g/mol. The first-order valence-corrected chi connectivity index (χ1v) is 4.71. The van der Waals surface area contributed by atoms with Crippen LogP contribution < -0.4 is 0 Å². The molecule has 13 heavy (non-hydrogen) atoms. The number of esters is 1. The van der Waals surface area contributed by atoms with E-state index in [1.54, 1.807) is 6.92 Å². The molecule has 0 spiro atoms. The highest BCUT2D eigenvalue weighted by atomic mass is 16.7. The van der Waals surface area contributed by atoms with Crippen LogP contribution in [0.5, 0.6) is 0 Å². The van der Waals surface area contributed by atoms with Crippen LogP contribution in [-0.4, -0.2) is 32.1 Å². The summed E-state index contributed by atoms with van der Waals surface area (Å²) in [4.78, 5) is 10.9. The van der Waals surface area contributed by atoms with E-state index in [0.29, 0.717) is 26.2 Å². The minimum atomic E-state index is -0.138. The van der Waals surface area contributed by atoms with Crippen LogP contribution in [0.15, 0.2) is 0 Å². The maximum Gasteiger partial charge on any atom is 0.305 e. The summed E-state index contributed by atoms with van der Waals surface area (Å²) in [6, 6.07) is 0. The monoisotopic (exact) mass is 188 g/mol. The van der Waals surface area contributed by atoms with E-state index in [1.807, 2.05) is 0 Å². The quantitative estimate of drug-likeness (QED) is 0.606. The molecule has 1 saturated heterocycles. The van der Waals surface area contributed by atoms with Crippen LogP contribution in [0.2, 0.25) is 0 Å². The second-order valence-electron chi connectivity index (χ2n) is 2.87. The fraction of sp³-hybridized carbons (Fsp3) is 0.889. The third-order valence-electron chi connectivity index (χ3n) is 1.82. The average molecular weight is 188 g/mol. The smallest absolute Gasteiger partial charge is 0.305 e. The molecule has 1 fully saturated rings. The zero-order chi connectivity index (χ0) is 9.52. The highest BCUT2D eigenvalue weighted by Gasteiger charge is 2.15. The Labute approximate surface area is 78.2 Å². The van der Waals surface area contributed by atoms with Crippen LogP contribution >= 0.6 is 0 Å². The third kappa shape index (κ3) is 4.24. The Hall–Kier alpha value is -0.610. The topological polar surface area (TPSA) is 44.8 Å². The number of ether oxygens (including phenoxy) is 3. The first-order valence-electron chi connectivity index (χ1n) is 4.71. The minimum Gasteiger partial charge on any atom is -0.466 e. The van der Waals surface area contributed by atoms with Gasteiger partial charge in [0.15, 0.2) is 6.29 Å². The predicted molar refractivity (Wildman–Crippen MR) is 46.2 cm³/mol. The van der Waals surface area contributed by atoms with Crippen molar-refractivity contribution in [1.82, 2.24) is 0 Å². The fourth-order valence-corrected chi connectivity index (χ4v) is 1.22. The molecule has 0 aromatic heterocycles. The lowest BCUT2D eigenvalue weighted by Gasteiger charge is -2.07. The van der Waals surface area contributed by atoms with Crippen LogP contribution in [-0.2, 0) is 19.0 Å². The van der Waals surface area contributed by atoms with Gasteiger partial charge in [-0.15, -0.1) is 0 Å². The molecule has 1 aliphatic rings. The molecule has 76 valence electrons. The summed E-state index contributed by atoms with van der Waals surface area (Å²) in [7, 11) is 0. The van der Waals surface area contributed by atoms with E-state index in [0.717, 1.165) is 12.8 Å². The maximum absolute atomic E-state index is 10.9. The number of carbonyl (C=O) groups is 1. The molecule has 0 aromatic rings. The predicted octanol–water partition coefficient (Wildman–Crippen LogP) is 1.09. The first-order chi connectivity index (χ1) is 6.33. The van der Waals surface area contributed by atoms with E-state index < -0.39 is 0 Å². The van der Waals surface area contributed by atoms with E-state index in [1.165, 1.54) is 0 Å². The summed E-state index contributed by atoms with van der Waals surface area (Å²) >= 11 is 0. The van der Waals surface area contributed by atoms with Gasteiger partial charge < -0.3 is 14.2 Å². The van der Waals surface area contributed by atoms with Gasteiger partial charge in [-0.2, -0.15) is 0 Å². The average Bonchev–Trinajstić information content (AvgIpc) is 2.57. The van der Waals surface area contributed by atoms with E-state index in [4.69, 9.17) is 14.2 Å². The maximum atomic E-state index is 10.9. The molecule has 1 aliphatic heterocycles. The minimum absolute atomic E-state index is 0.102. The first kappa shape index (κ1) is 10.5. The molecule has 1 rings (SSSR count).